The molecule has 3 aromatic rings. The maximum Gasteiger partial charge on any atom is 0.127 e. The van der Waals surface area contributed by atoms with Crippen molar-refractivity contribution in [3.8, 4) is 11.5 Å². The zero-order valence-corrected chi connectivity index (χ0v) is 19.3. The average molecular weight is 416 g/mol. The van der Waals surface area contributed by atoms with E-state index in [9.17, 15) is 0 Å². The van der Waals surface area contributed by atoms with Crippen LogP contribution in [0.2, 0.25) is 0 Å². The molecule has 0 saturated carbocycles. The number of benzene rings is 3. The minimum atomic E-state index is -0.0780. The summed E-state index contributed by atoms with van der Waals surface area (Å²) in [5.41, 5.74) is 5.21. The van der Waals surface area contributed by atoms with Crippen molar-refractivity contribution in [2.45, 2.75) is 31.1 Å². The lowest BCUT2D eigenvalue weighted by Gasteiger charge is -2.32. The largest absolute Gasteiger partial charge is 0.497 e. The van der Waals surface area contributed by atoms with Crippen molar-refractivity contribution in [2.24, 2.45) is 0 Å². The number of rotatable bonds is 7. The fraction of sp³-hybridized carbons (Fsp3) is 0.357. The maximum atomic E-state index is 6.41. The van der Waals surface area contributed by atoms with E-state index in [1.54, 1.807) is 7.11 Å². The van der Waals surface area contributed by atoms with Gasteiger partial charge in [-0.3, -0.25) is 0 Å². The molecule has 0 aromatic heterocycles. The van der Waals surface area contributed by atoms with E-state index >= 15 is 0 Å². The lowest BCUT2D eigenvalue weighted by Crippen LogP contribution is -2.24. The molecule has 0 unspecified atom stereocenters. The molecule has 3 heteroatoms. The molecule has 0 aliphatic heterocycles. The zero-order chi connectivity index (χ0) is 22.0. The smallest absolute Gasteiger partial charge is 0.127 e. The quantitative estimate of drug-likeness (QED) is 0.484. The van der Waals surface area contributed by atoms with E-state index in [4.69, 9.17) is 9.47 Å². The van der Waals surface area contributed by atoms with Gasteiger partial charge in [0.15, 0.2) is 0 Å². The summed E-state index contributed by atoms with van der Waals surface area (Å²) in [6, 6.07) is 26.0. The molecule has 0 spiro atoms. The molecule has 0 heterocycles. The van der Waals surface area contributed by atoms with Gasteiger partial charge in [-0.25, -0.2) is 0 Å². The first-order valence-electron chi connectivity index (χ1n) is 11.0. The Bertz CT molecular complexity index is 1010. The van der Waals surface area contributed by atoms with E-state index in [1.165, 1.54) is 22.3 Å². The summed E-state index contributed by atoms with van der Waals surface area (Å²) in [7, 11) is 5.87. The van der Waals surface area contributed by atoms with Crippen LogP contribution in [0.4, 0.5) is 0 Å². The Balaban J connectivity index is 1.92. The Morgan fingerprint density at radius 2 is 1.48 bits per heavy atom. The minimum Gasteiger partial charge on any atom is -0.497 e. The Morgan fingerprint density at radius 3 is 2.06 bits per heavy atom. The van der Waals surface area contributed by atoms with Crippen LogP contribution >= 0.6 is 0 Å². The van der Waals surface area contributed by atoms with E-state index in [-0.39, 0.29) is 11.3 Å². The second kappa shape index (κ2) is 8.76. The number of nitrogens with zero attached hydrogens (tertiary/aromatic N) is 1. The standard InChI is InChI=1S/C28H33NO2/c1-28(2)23-18-22(30-5)19-24(31-17-16-29(3)4)26(23)25(20-12-8-6-9-13-20)27(28)21-14-10-7-11-15-21/h6-15,18-19,25,27H,16-17H2,1-5H3/t25-,27+/m0/s1. The van der Waals surface area contributed by atoms with Crippen molar-refractivity contribution >= 4 is 0 Å². The third-order valence-electron chi connectivity index (χ3n) is 6.58. The van der Waals surface area contributed by atoms with Gasteiger partial charge in [-0.2, -0.15) is 0 Å². The molecule has 3 aromatic carbocycles. The van der Waals surface area contributed by atoms with Crippen molar-refractivity contribution in [1.82, 2.24) is 4.90 Å². The monoisotopic (exact) mass is 415 g/mol. The van der Waals surface area contributed by atoms with E-state index in [0.29, 0.717) is 12.5 Å². The molecule has 0 radical (unpaired) electrons. The third-order valence-corrected chi connectivity index (χ3v) is 6.58. The summed E-state index contributed by atoms with van der Waals surface area (Å²) in [4.78, 5) is 2.14. The summed E-state index contributed by atoms with van der Waals surface area (Å²) in [5, 5.41) is 0. The van der Waals surface area contributed by atoms with Crippen LogP contribution < -0.4 is 9.47 Å². The van der Waals surface area contributed by atoms with Gasteiger partial charge in [0.2, 0.25) is 0 Å². The van der Waals surface area contributed by atoms with Gasteiger partial charge < -0.3 is 14.4 Å². The predicted molar refractivity (Wildman–Crippen MR) is 128 cm³/mol. The van der Waals surface area contributed by atoms with Gasteiger partial charge in [-0.05, 0) is 42.3 Å². The number of methoxy groups -OCH3 is 1. The Kier molecular flexibility index (Phi) is 6.06. The highest BCUT2D eigenvalue weighted by molar-refractivity contribution is 5.61. The summed E-state index contributed by atoms with van der Waals surface area (Å²) in [5.74, 6) is 2.31. The number of fused-ring (bicyclic) bond motifs is 1. The number of hydrogen-bond donors (Lipinski definition) is 0. The van der Waals surface area contributed by atoms with Crippen LogP contribution in [0.5, 0.6) is 11.5 Å². The SMILES string of the molecule is COc1cc(OCCN(C)C)c2c(c1)C(C)(C)[C@H](c1ccccc1)[C@H]2c1ccccc1. The Labute approximate surface area is 186 Å². The molecule has 2 atom stereocenters. The fourth-order valence-corrected chi connectivity index (χ4v) is 5.07. The highest BCUT2D eigenvalue weighted by atomic mass is 16.5. The number of ether oxygens (including phenoxy) is 2. The lowest BCUT2D eigenvalue weighted by atomic mass is 9.70. The molecule has 162 valence electrons. The molecular formula is C28H33NO2. The van der Waals surface area contributed by atoms with Crippen molar-refractivity contribution in [1.29, 1.82) is 0 Å². The van der Waals surface area contributed by atoms with E-state index in [0.717, 1.165) is 18.0 Å². The van der Waals surface area contributed by atoms with Gasteiger partial charge >= 0.3 is 0 Å². The summed E-state index contributed by atoms with van der Waals surface area (Å²) in [6.45, 7) is 6.23. The highest BCUT2D eigenvalue weighted by Gasteiger charge is 2.49. The molecule has 0 N–H and O–H groups in total. The van der Waals surface area contributed by atoms with Crippen molar-refractivity contribution in [2.75, 3.05) is 34.4 Å². The number of likely N-dealkylation sites (N-methyl/N-ethyl adjacent to an activating group) is 1. The first kappa shape index (κ1) is 21.5. The molecule has 4 rings (SSSR count). The second-order valence-corrected chi connectivity index (χ2v) is 9.24. The molecule has 1 aliphatic rings. The van der Waals surface area contributed by atoms with Gasteiger partial charge in [0.05, 0.1) is 7.11 Å². The van der Waals surface area contributed by atoms with Crippen LogP contribution in [-0.4, -0.2) is 39.3 Å². The van der Waals surface area contributed by atoms with Gasteiger partial charge in [-0.15, -0.1) is 0 Å². The van der Waals surface area contributed by atoms with E-state index in [2.05, 4.69) is 106 Å². The molecule has 0 fully saturated rings. The number of hydrogen-bond acceptors (Lipinski definition) is 3. The van der Waals surface area contributed by atoms with E-state index < -0.39 is 0 Å². The Morgan fingerprint density at radius 1 is 0.871 bits per heavy atom. The highest BCUT2D eigenvalue weighted by Crippen LogP contribution is 2.60. The van der Waals surface area contributed by atoms with Crippen molar-refractivity contribution in [3.05, 3.63) is 95.1 Å². The molecule has 3 nitrogen and oxygen atoms in total. The zero-order valence-electron chi connectivity index (χ0n) is 19.3. The Hall–Kier alpha value is -2.78. The van der Waals surface area contributed by atoms with Crippen LogP contribution in [-0.2, 0) is 5.41 Å². The van der Waals surface area contributed by atoms with Crippen LogP contribution in [0.15, 0.2) is 72.8 Å². The predicted octanol–water partition coefficient (Wildman–Crippen LogP) is 5.84. The fourth-order valence-electron chi connectivity index (χ4n) is 5.07. The molecule has 0 amide bonds. The maximum absolute atomic E-state index is 6.41. The first-order chi connectivity index (χ1) is 14.9. The molecule has 0 bridgehead atoms. The van der Waals surface area contributed by atoms with Gasteiger partial charge in [0.25, 0.3) is 0 Å². The topological polar surface area (TPSA) is 21.7 Å². The average Bonchev–Trinajstić information content (AvgIpc) is 3.01. The third kappa shape index (κ3) is 4.07. The van der Waals surface area contributed by atoms with Gasteiger partial charge in [0, 0.05) is 30.0 Å². The van der Waals surface area contributed by atoms with Crippen LogP contribution in [0, 0.1) is 0 Å². The first-order valence-corrected chi connectivity index (χ1v) is 11.0. The van der Waals surface area contributed by atoms with Crippen LogP contribution in [0.25, 0.3) is 0 Å². The second-order valence-electron chi connectivity index (χ2n) is 9.24. The minimum absolute atomic E-state index is 0.0780. The van der Waals surface area contributed by atoms with E-state index in [1.807, 2.05) is 0 Å². The summed E-state index contributed by atoms with van der Waals surface area (Å²) < 4.78 is 12.1. The van der Waals surface area contributed by atoms with Gasteiger partial charge in [0.1, 0.15) is 18.1 Å². The molecule has 31 heavy (non-hydrogen) atoms. The summed E-state index contributed by atoms with van der Waals surface area (Å²) >= 11 is 0. The molecular weight excluding hydrogens is 382 g/mol. The van der Waals surface area contributed by atoms with Crippen LogP contribution in [0.3, 0.4) is 0 Å². The van der Waals surface area contributed by atoms with Gasteiger partial charge in [-0.1, -0.05) is 74.5 Å². The molecule has 0 saturated heterocycles. The van der Waals surface area contributed by atoms with Crippen molar-refractivity contribution < 1.29 is 9.47 Å². The molecule has 1 aliphatic carbocycles. The van der Waals surface area contributed by atoms with Crippen molar-refractivity contribution in [3.63, 3.8) is 0 Å². The normalized spacial score (nSPS) is 19.3. The lowest BCUT2D eigenvalue weighted by molar-refractivity contribution is 0.258. The summed E-state index contributed by atoms with van der Waals surface area (Å²) in [6.07, 6.45) is 0. The van der Waals surface area contributed by atoms with Crippen LogP contribution in [0.1, 0.15) is 47.9 Å².